The van der Waals surface area contributed by atoms with Crippen molar-refractivity contribution in [1.29, 1.82) is 0 Å². The Morgan fingerprint density at radius 3 is 2.37 bits per heavy atom. The molecule has 5 rings (SSSR count). The lowest BCUT2D eigenvalue weighted by molar-refractivity contribution is -0.129. The molecular formula is C36H50N4O8S. The van der Waals surface area contributed by atoms with Crippen LogP contribution in [0.3, 0.4) is 0 Å². The number of benzene rings is 1. The van der Waals surface area contributed by atoms with E-state index in [1.165, 1.54) is 11.3 Å². The number of methoxy groups -OCH3 is 1. The van der Waals surface area contributed by atoms with E-state index in [1.807, 2.05) is 71.6 Å². The molecule has 0 radical (unpaired) electrons. The van der Waals surface area contributed by atoms with Crippen molar-refractivity contribution in [2.45, 2.75) is 110 Å². The smallest absolute Gasteiger partial charge is 0.411 e. The summed E-state index contributed by atoms with van der Waals surface area (Å²) in [5.74, 6) is 0.562. The molecule has 2 atom stereocenters. The van der Waals surface area contributed by atoms with Crippen LogP contribution in [0.2, 0.25) is 0 Å². The molecule has 1 N–H and O–H groups in total. The Kier molecular flexibility index (Phi) is 10.9. The number of ether oxygens (including phenoxy) is 4. The van der Waals surface area contributed by atoms with E-state index < -0.39 is 35.5 Å². The molecule has 1 aliphatic carbocycles. The Balaban J connectivity index is 1.62. The van der Waals surface area contributed by atoms with Gasteiger partial charge >= 0.3 is 12.2 Å². The van der Waals surface area contributed by atoms with Gasteiger partial charge in [-0.25, -0.2) is 14.6 Å². The predicted molar refractivity (Wildman–Crippen MR) is 185 cm³/mol. The SMILES string of the molecule is COc1cccc(CN(C(=O)C2=C(c3cnc(COCCO)s3)CC3CN(C(=O)OC(C)(C)C)C[C@H]2N3C(=O)OC(C)(C)C)C2CC2)c1C. The second-order valence-corrected chi connectivity index (χ2v) is 16.0. The van der Waals surface area contributed by atoms with Crippen LogP contribution in [-0.4, -0.2) is 106 Å². The summed E-state index contributed by atoms with van der Waals surface area (Å²) in [5.41, 5.74) is 1.70. The Bertz CT molecular complexity index is 1570. The number of hydrogen-bond acceptors (Lipinski definition) is 10. The van der Waals surface area contributed by atoms with Gasteiger partial charge < -0.3 is 33.9 Å². The topological polar surface area (TPSA) is 131 Å². The summed E-state index contributed by atoms with van der Waals surface area (Å²) < 4.78 is 22.8. The van der Waals surface area contributed by atoms with E-state index in [4.69, 9.17) is 18.9 Å². The second kappa shape index (κ2) is 14.7. The zero-order valence-electron chi connectivity index (χ0n) is 29.9. The minimum atomic E-state index is -0.791. The summed E-state index contributed by atoms with van der Waals surface area (Å²) in [5, 5.41) is 9.89. The lowest BCUT2D eigenvalue weighted by Crippen LogP contribution is -2.66. The van der Waals surface area contributed by atoms with E-state index in [1.54, 1.807) is 23.1 Å². The molecule has 0 spiro atoms. The number of hydrogen-bond donors (Lipinski definition) is 1. The molecule has 49 heavy (non-hydrogen) atoms. The maximum atomic E-state index is 15.2. The summed E-state index contributed by atoms with van der Waals surface area (Å²) in [6, 6.07) is 4.61. The van der Waals surface area contributed by atoms with E-state index in [0.717, 1.165) is 40.2 Å². The first-order valence-electron chi connectivity index (χ1n) is 16.9. The molecule has 2 fully saturated rings. The number of aliphatic hydroxyl groups excluding tert-OH is 1. The van der Waals surface area contributed by atoms with E-state index >= 15 is 4.79 Å². The van der Waals surface area contributed by atoms with Gasteiger partial charge in [-0.2, -0.15) is 0 Å². The normalized spacial score (nSPS) is 19.5. The standard InChI is InChI=1S/C36H50N4O8S/c1-22-23(10-9-11-28(22)45-8)18-39(24-12-13-24)32(42)31-26(29-17-37-30(49-29)21-46-15-14-41)16-25-19-38(33(43)47-35(2,3)4)20-27(31)40(25)34(44)48-36(5,6)7/h9-11,17,24-25,27,41H,12-16,18-21H2,1-8H3/t25?,27-/m1/s1. The van der Waals surface area contributed by atoms with Gasteiger partial charge in [0.05, 0.1) is 43.9 Å². The molecule has 2 aromatic rings. The van der Waals surface area contributed by atoms with Crippen molar-refractivity contribution in [3.8, 4) is 5.75 Å². The molecule has 2 bridgehead atoms. The molecule has 1 aromatic carbocycles. The van der Waals surface area contributed by atoms with Crippen LogP contribution in [0.15, 0.2) is 30.0 Å². The second-order valence-electron chi connectivity index (χ2n) is 14.8. The molecular weight excluding hydrogens is 648 g/mol. The number of nitrogens with zero attached hydrogens (tertiary/aromatic N) is 4. The summed E-state index contributed by atoms with van der Waals surface area (Å²) in [6.07, 6.45) is 2.79. The Labute approximate surface area is 293 Å². The quantitative estimate of drug-likeness (QED) is 0.318. The maximum absolute atomic E-state index is 15.2. The third-order valence-electron chi connectivity index (χ3n) is 8.66. The van der Waals surface area contributed by atoms with Gasteiger partial charge in [-0.3, -0.25) is 9.69 Å². The Morgan fingerprint density at radius 2 is 1.73 bits per heavy atom. The van der Waals surface area contributed by atoms with Crippen molar-refractivity contribution in [1.82, 2.24) is 19.7 Å². The molecule has 2 aliphatic heterocycles. The van der Waals surface area contributed by atoms with Crippen LogP contribution in [0.1, 0.15) is 81.8 Å². The number of amides is 3. The number of carbonyl (C=O) groups excluding carboxylic acids is 3. The first-order chi connectivity index (χ1) is 23.1. The first-order valence-corrected chi connectivity index (χ1v) is 17.7. The van der Waals surface area contributed by atoms with E-state index in [9.17, 15) is 14.7 Å². The van der Waals surface area contributed by atoms with Gasteiger partial charge in [0.25, 0.3) is 5.91 Å². The maximum Gasteiger partial charge on any atom is 0.411 e. The highest BCUT2D eigenvalue weighted by Gasteiger charge is 2.51. The average Bonchev–Trinajstić information content (AvgIpc) is 3.74. The molecule has 13 heteroatoms. The molecule has 268 valence electrons. The van der Waals surface area contributed by atoms with Crippen molar-refractivity contribution in [3.05, 3.63) is 51.0 Å². The fourth-order valence-corrected chi connectivity index (χ4v) is 7.29. The van der Waals surface area contributed by atoms with Crippen molar-refractivity contribution in [2.24, 2.45) is 0 Å². The Morgan fingerprint density at radius 1 is 1.04 bits per heavy atom. The predicted octanol–water partition coefficient (Wildman–Crippen LogP) is 5.54. The number of aliphatic hydroxyl groups is 1. The van der Waals surface area contributed by atoms with E-state index in [-0.39, 0.29) is 44.9 Å². The summed E-state index contributed by atoms with van der Waals surface area (Å²) >= 11 is 1.43. The van der Waals surface area contributed by atoms with E-state index in [2.05, 4.69) is 4.98 Å². The van der Waals surface area contributed by atoms with Gasteiger partial charge in [0.15, 0.2) is 0 Å². The van der Waals surface area contributed by atoms with Crippen LogP contribution < -0.4 is 4.74 Å². The zero-order chi connectivity index (χ0) is 35.7. The van der Waals surface area contributed by atoms with Gasteiger partial charge in [-0.05, 0) is 90.5 Å². The molecule has 12 nitrogen and oxygen atoms in total. The van der Waals surface area contributed by atoms with Crippen molar-refractivity contribution in [3.63, 3.8) is 0 Å². The number of aromatic nitrogens is 1. The highest BCUT2D eigenvalue weighted by atomic mass is 32.1. The highest BCUT2D eigenvalue weighted by Crippen LogP contribution is 2.43. The number of piperazine rings is 1. The monoisotopic (exact) mass is 698 g/mol. The molecule has 3 amide bonds. The molecule has 1 aromatic heterocycles. The minimum Gasteiger partial charge on any atom is -0.496 e. The zero-order valence-corrected chi connectivity index (χ0v) is 30.7. The third-order valence-corrected chi connectivity index (χ3v) is 9.69. The van der Waals surface area contributed by atoms with Gasteiger partial charge in [0.1, 0.15) is 22.0 Å². The molecule has 1 unspecified atom stereocenters. The van der Waals surface area contributed by atoms with Crippen LogP contribution in [0.25, 0.3) is 5.57 Å². The summed E-state index contributed by atoms with van der Waals surface area (Å²) in [6.45, 7) is 13.9. The van der Waals surface area contributed by atoms with Crippen molar-refractivity contribution in [2.75, 3.05) is 33.4 Å². The van der Waals surface area contributed by atoms with Crippen molar-refractivity contribution < 1.29 is 38.4 Å². The minimum absolute atomic E-state index is 0.0361. The molecule has 1 saturated carbocycles. The summed E-state index contributed by atoms with van der Waals surface area (Å²) in [4.78, 5) is 53.2. The lowest BCUT2D eigenvalue weighted by atomic mass is 9.83. The number of fused-ring (bicyclic) bond motifs is 2. The van der Waals surface area contributed by atoms with Gasteiger partial charge in [-0.15, -0.1) is 11.3 Å². The highest BCUT2D eigenvalue weighted by molar-refractivity contribution is 7.12. The third kappa shape index (κ3) is 8.74. The number of carbonyl (C=O) groups is 3. The van der Waals surface area contributed by atoms with Crippen LogP contribution in [0.5, 0.6) is 5.75 Å². The van der Waals surface area contributed by atoms with Gasteiger partial charge in [-0.1, -0.05) is 12.1 Å². The van der Waals surface area contributed by atoms with Crippen LogP contribution in [0.4, 0.5) is 9.59 Å². The number of rotatable bonds is 10. The van der Waals surface area contributed by atoms with Gasteiger partial charge in [0.2, 0.25) is 0 Å². The fourth-order valence-electron chi connectivity index (χ4n) is 6.36. The van der Waals surface area contributed by atoms with Gasteiger partial charge in [0, 0.05) is 37.4 Å². The lowest BCUT2D eigenvalue weighted by Gasteiger charge is -2.51. The number of thiazole rings is 1. The van der Waals surface area contributed by atoms with Crippen LogP contribution >= 0.6 is 11.3 Å². The molecule has 1 saturated heterocycles. The van der Waals surface area contributed by atoms with E-state index in [0.29, 0.717) is 23.5 Å². The Hall–Kier alpha value is -3.68. The largest absolute Gasteiger partial charge is 0.496 e. The summed E-state index contributed by atoms with van der Waals surface area (Å²) in [7, 11) is 1.63. The molecule has 3 aliphatic rings. The van der Waals surface area contributed by atoms with Crippen LogP contribution in [-0.2, 0) is 32.2 Å². The van der Waals surface area contributed by atoms with Crippen LogP contribution in [0, 0.1) is 6.92 Å². The first kappa shape index (κ1) is 36.6. The van der Waals surface area contributed by atoms with Crippen molar-refractivity contribution >= 4 is 35.0 Å². The average molecular weight is 699 g/mol. The fraction of sp³-hybridized carbons (Fsp3) is 0.611. The molecule has 3 heterocycles.